The third kappa shape index (κ3) is 36.9. The molecule has 0 saturated heterocycles. The lowest BCUT2D eigenvalue weighted by Gasteiger charge is -2.20. The first-order chi connectivity index (χ1) is 25.6. The number of phosphoric acid groups is 1. The standard InChI is InChI=1S/C41H78NO10P/c1-3-5-7-9-11-13-15-16-17-18-19-20-21-22-23-25-27-29-31-33-40(44)52-37(35-50-53(47,48)51-36-38(42)41(45)46)34-49-39(43)32-30-28-26-24-14-12-10-8-6-4-2/h16-17,37-38H,3-15,18-36,42H2,1-2H3,(H,45,46)(H,47,48)/b17-16+/t37-,38-/m0/s1. The molecule has 11 nitrogen and oxygen atoms in total. The fourth-order valence-corrected chi connectivity index (χ4v) is 6.66. The minimum atomic E-state index is -4.71. The molecule has 0 heterocycles. The van der Waals surface area contributed by atoms with Crippen LogP contribution in [0, 0.1) is 0 Å². The molecule has 312 valence electrons. The fourth-order valence-electron chi connectivity index (χ4n) is 5.88. The summed E-state index contributed by atoms with van der Waals surface area (Å²) in [5.41, 5.74) is 5.32. The smallest absolute Gasteiger partial charge is 0.472 e. The summed E-state index contributed by atoms with van der Waals surface area (Å²) in [4.78, 5) is 45.8. The fraction of sp³-hybridized carbons (Fsp3) is 0.878. The van der Waals surface area contributed by atoms with E-state index in [1.165, 1.54) is 122 Å². The molecule has 12 heteroatoms. The van der Waals surface area contributed by atoms with Gasteiger partial charge in [-0.15, -0.1) is 0 Å². The van der Waals surface area contributed by atoms with Gasteiger partial charge < -0.3 is 25.2 Å². The highest BCUT2D eigenvalue weighted by atomic mass is 31.2. The lowest BCUT2D eigenvalue weighted by Crippen LogP contribution is -2.34. The average molecular weight is 776 g/mol. The number of carboxylic acids is 1. The van der Waals surface area contributed by atoms with E-state index < -0.39 is 51.1 Å². The van der Waals surface area contributed by atoms with E-state index in [0.29, 0.717) is 12.8 Å². The highest BCUT2D eigenvalue weighted by molar-refractivity contribution is 7.47. The number of unbranched alkanes of at least 4 members (excludes halogenated alkanes) is 24. The molecule has 0 amide bonds. The maximum absolute atomic E-state index is 12.6. The van der Waals surface area contributed by atoms with Crippen LogP contribution in [-0.4, -0.2) is 59.9 Å². The Hall–Kier alpha value is -1.78. The van der Waals surface area contributed by atoms with Gasteiger partial charge >= 0.3 is 25.7 Å². The monoisotopic (exact) mass is 776 g/mol. The Morgan fingerprint density at radius 1 is 0.566 bits per heavy atom. The highest BCUT2D eigenvalue weighted by Crippen LogP contribution is 2.43. The van der Waals surface area contributed by atoms with Crippen LogP contribution >= 0.6 is 7.82 Å². The molecular formula is C41H78NO10P. The molecule has 0 aliphatic heterocycles. The molecule has 0 aliphatic carbocycles. The van der Waals surface area contributed by atoms with Gasteiger partial charge in [0.05, 0.1) is 13.2 Å². The van der Waals surface area contributed by atoms with E-state index in [9.17, 15) is 23.8 Å². The van der Waals surface area contributed by atoms with Gasteiger partial charge in [0.1, 0.15) is 12.6 Å². The molecule has 0 fully saturated rings. The molecule has 0 rings (SSSR count). The predicted molar refractivity (Wildman–Crippen MR) is 213 cm³/mol. The summed E-state index contributed by atoms with van der Waals surface area (Å²) in [6.45, 7) is 2.79. The summed E-state index contributed by atoms with van der Waals surface area (Å²) in [5, 5.41) is 8.87. The molecule has 0 aromatic rings. The van der Waals surface area contributed by atoms with Crippen LogP contribution in [-0.2, 0) is 37.5 Å². The largest absolute Gasteiger partial charge is 0.480 e. The van der Waals surface area contributed by atoms with Crippen LogP contribution in [0.25, 0.3) is 0 Å². The third-order valence-electron chi connectivity index (χ3n) is 9.26. The van der Waals surface area contributed by atoms with Crippen LogP contribution in [0.4, 0.5) is 0 Å². The number of allylic oxidation sites excluding steroid dienone is 2. The number of ether oxygens (including phenoxy) is 2. The summed E-state index contributed by atoms with van der Waals surface area (Å²) in [7, 11) is -4.71. The maximum Gasteiger partial charge on any atom is 0.472 e. The Labute approximate surface area is 322 Å². The number of carbonyl (C=O) groups is 3. The number of hydrogen-bond donors (Lipinski definition) is 3. The third-order valence-corrected chi connectivity index (χ3v) is 10.2. The van der Waals surface area contributed by atoms with Crippen LogP contribution in [0.3, 0.4) is 0 Å². The van der Waals surface area contributed by atoms with Crippen molar-refractivity contribution in [3.05, 3.63) is 12.2 Å². The summed E-state index contributed by atoms with van der Waals surface area (Å²) < 4.78 is 32.6. The first-order valence-corrected chi connectivity index (χ1v) is 22.7. The second kappa shape index (κ2) is 37.2. The quantitative estimate of drug-likeness (QED) is 0.0234. The van der Waals surface area contributed by atoms with Crippen molar-refractivity contribution in [3.8, 4) is 0 Å². The van der Waals surface area contributed by atoms with Crippen molar-refractivity contribution in [3.63, 3.8) is 0 Å². The molecule has 1 unspecified atom stereocenters. The van der Waals surface area contributed by atoms with Crippen LogP contribution < -0.4 is 5.73 Å². The summed E-state index contributed by atoms with van der Waals surface area (Å²) in [6, 6.07) is -1.52. The zero-order valence-electron chi connectivity index (χ0n) is 33.6. The molecule has 0 radical (unpaired) electrons. The van der Waals surface area contributed by atoms with Crippen LogP contribution in [0.1, 0.15) is 200 Å². The van der Waals surface area contributed by atoms with E-state index in [4.69, 9.17) is 24.8 Å². The van der Waals surface area contributed by atoms with Gasteiger partial charge in [0.15, 0.2) is 6.10 Å². The van der Waals surface area contributed by atoms with Gasteiger partial charge in [0.25, 0.3) is 0 Å². The molecule has 3 atom stereocenters. The Morgan fingerprint density at radius 2 is 0.943 bits per heavy atom. The second-order valence-corrected chi connectivity index (χ2v) is 15.9. The van der Waals surface area contributed by atoms with Crippen LogP contribution in [0.2, 0.25) is 0 Å². The van der Waals surface area contributed by atoms with Crippen molar-refractivity contribution in [2.24, 2.45) is 5.73 Å². The minimum absolute atomic E-state index is 0.163. The van der Waals surface area contributed by atoms with Crippen LogP contribution in [0.15, 0.2) is 12.2 Å². The van der Waals surface area contributed by atoms with Crippen molar-refractivity contribution >= 4 is 25.7 Å². The first kappa shape index (κ1) is 51.2. The van der Waals surface area contributed by atoms with E-state index in [1.807, 2.05) is 0 Å². The lowest BCUT2D eigenvalue weighted by atomic mass is 10.1. The zero-order chi connectivity index (χ0) is 39.3. The van der Waals surface area contributed by atoms with Gasteiger partial charge in [-0.25, -0.2) is 4.57 Å². The molecule has 53 heavy (non-hydrogen) atoms. The molecule has 0 aliphatic rings. The predicted octanol–water partition coefficient (Wildman–Crippen LogP) is 10.9. The molecule has 0 aromatic heterocycles. The maximum atomic E-state index is 12.6. The van der Waals surface area contributed by atoms with Crippen LogP contribution in [0.5, 0.6) is 0 Å². The van der Waals surface area contributed by atoms with Crippen molar-refractivity contribution in [2.75, 3.05) is 19.8 Å². The first-order valence-electron chi connectivity index (χ1n) is 21.2. The van der Waals surface area contributed by atoms with Gasteiger partial charge in [-0.1, -0.05) is 161 Å². The Bertz CT molecular complexity index is 963. The zero-order valence-corrected chi connectivity index (χ0v) is 34.5. The molecule has 0 aromatic carbocycles. The van der Waals surface area contributed by atoms with E-state index in [-0.39, 0.29) is 19.4 Å². The van der Waals surface area contributed by atoms with E-state index >= 15 is 0 Å². The number of carbonyl (C=O) groups excluding carboxylic acids is 2. The lowest BCUT2D eigenvalue weighted by molar-refractivity contribution is -0.161. The van der Waals surface area contributed by atoms with Crippen molar-refractivity contribution in [2.45, 2.75) is 212 Å². The van der Waals surface area contributed by atoms with E-state index in [1.54, 1.807) is 0 Å². The molecular weight excluding hydrogens is 697 g/mol. The van der Waals surface area contributed by atoms with Gasteiger partial charge in [0, 0.05) is 12.8 Å². The van der Waals surface area contributed by atoms with Gasteiger partial charge in [-0.2, -0.15) is 0 Å². The number of phosphoric ester groups is 1. The number of hydrogen-bond acceptors (Lipinski definition) is 9. The van der Waals surface area contributed by atoms with Gasteiger partial charge in [-0.3, -0.25) is 23.4 Å². The second-order valence-electron chi connectivity index (χ2n) is 14.5. The SMILES string of the molecule is CCCCCCCC/C=C/CCCCCCCCCCCC(=O)O[C@@H](COC(=O)CCCCCCCCCCCC)COP(=O)(O)OC[C@H](N)C(=O)O. The van der Waals surface area contributed by atoms with Crippen molar-refractivity contribution in [1.82, 2.24) is 0 Å². The molecule has 0 saturated carbocycles. The number of rotatable bonds is 40. The van der Waals surface area contributed by atoms with Crippen molar-refractivity contribution < 1.29 is 47.5 Å². The number of aliphatic carboxylic acids is 1. The average Bonchev–Trinajstić information content (AvgIpc) is 3.13. The van der Waals surface area contributed by atoms with Crippen molar-refractivity contribution in [1.29, 1.82) is 0 Å². The summed E-state index contributed by atoms with van der Waals surface area (Å²) in [5.74, 6) is -2.37. The highest BCUT2D eigenvalue weighted by Gasteiger charge is 2.28. The number of nitrogens with two attached hydrogens (primary N) is 1. The Balaban J connectivity index is 4.30. The number of esters is 2. The van der Waals surface area contributed by atoms with E-state index in [2.05, 4.69) is 30.5 Å². The molecule has 0 spiro atoms. The molecule has 4 N–H and O–H groups in total. The summed E-state index contributed by atoms with van der Waals surface area (Å²) in [6.07, 6.45) is 35.7. The topological polar surface area (TPSA) is 172 Å². The van der Waals surface area contributed by atoms with Gasteiger partial charge in [-0.05, 0) is 38.5 Å². The molecule has 0 bridgehead atoms. The number of carboxylic acid groups (broad SMARTS) is 1. The normalized spacial score (nSPS) is 13.9. The van der Waals surface area contributed by atoms with Gasteiger partial charge in [0.2, 0.25) is 0 Å². The summed E-state index contributed by atoms with van der Waals surface area (Å²) >= 11 is 0. The Morgan fingerprint density at radius 3 is 1.38 bits per heavy atom. The Kier molecular flexibility index (Phi) is 35.9. The minimum Gasteiger partial charge on any atom is -0.480 e. The van der Waals surface area contributed by atoms with E-state index in [0.717, 1.165) is 38.5 Å².